The van der Waals surface area contributed by atoms with Crippen molar-refractivity contribution in [1.29, 1.82) is 0 Å². The Morgan fingerprint density at radius 3 is 3.10 bits per heavy atom. The van der Waals surface area contributed by atoms with E-state index in [0.29, 0.717) is 0 Å². The first-order chi connectivity index (χ1) is 4.84. The summed E-state index contributed by atoms with van der Waals surface area (Å²) < 4.78 is 1.73. The van der Waals surface area contributed by atoms with Gasteiger partial charge in [-0.05, 0) is 0 Å². The van der Waals surface area contributed by atoms with Gasteiger partial charge < -0.3 is 0 Å². The molecule has 0 atom stereocenters. The highest BCUT2D eigenvalue weighted by atomic mass is 15.4. The molecule has 0 aliphatic rings. The van der Waals surface area contributed by atoms with Gasteiger partial charge in [-0.25, -0.2) is 0 Å². The topological polar surface area (TPSA) is 30.7 Å². The van der Waals surface area contributed by atoms with Gasteiger partial charge in [0, 0.05) is 19.9 Å². The molecular formula is C7H9N3. The zero-order chi connectivity index (χ0) is 7.40. The van der Waals surface area contributed by atoms with Crippen LogP contribution in [0.5, 0.6) is 0 Å². The van der Waals surface area contributed by atoms with Gasteiger partial charge in [-0.15, -0.1) is 17.4 Å². The van der Waals surface area contributed by atoms with Gasteiger partial charge in [0.1, 0.15) is 0 Å². The normalized spacial score (nSPS) is 9.20. The third-order valence-electron chi connectivity index (χ3n) is 1.33. The summed E-state index contributed by atoms with van der Waals surface area (Å²) in [7, 11) is 1.86. The van der Waals surface area contributed by atoms with E-state index in [1.165, 1.54) is 0 Å². The molecule has 1 aromatic heterocycles. The van der Waals surface area contributed by atoms with E-state index in [4.69, 9.17) is 6.42 Å². The van der Waals surface area contributed by atoms with Crippen LogP contribution in [0.3, 0.4) is 0 Å². The largest absolute Gasteiger partial charge is 0.252 e. The molecule has 0 saturated heterocycles. The molecule has 3 heteroatoms. The van der Waals surface area contributed by atoms with E-state index in [9.17, 15) is 0 Å². The van der Waals surface area contributed by atoms with E-state index in [1.807, 2.05) is 7.05 Å². The van der Waals surface area contributed by atoms with Crippen molar-refractivity contribution in [3.05, 3.63) is 11.9 Å². The SMILES string of the molecule is C#CCCc1cnnn1C. The molecule has 1 aromatic rings. The lowest BCUT2D eigenvalue weighted by molar-refractivity contribution is 0.676. The molecule has 3 nitrogen and oxygen atoms in total. The van der Waals surface area contributed by atoms with E-state index in [1.54, 1.807) is 10.9 Å². The molecule has 0 amide bonds. The number of aryl methyl sites for hydroxylation is 2. The predicted octanol–water partition coefficient (Wildman–Crippen LogP) is 0.381. The Hall–Kier alpha value is -1.30. The highest BCUT2D eigenvalue weighted by Crippen LogP contribution is 1.96. The fourth-order valence-corrected chi connectivity index (χ4v) is 0.738. The fourth-order valence-electron chi connectivity index (χ4n) is 0.738. The first kappa shape index (κ1) is 6.81. The van der Waals surface area contributed by atoms with Gasteiger partial charge in [-0.2, -0.15) is 0 Å². The van der Waals surface area contributed by atoms with Crippen molar-refractivity contribution < 1.29 is 0 Å². The Balaban J connectivity index is 2.59. The number of aromatic nitrogens is 3. The molecule has 0 unspecified atom stereocenters. The average molecular weight is 135 g/mol. The van der Waals surface area contributed by atoms with Crippen LogP contribution in [-0.4, -0.2) is 15.0 Å². The average Bonchev–Trinajstić information content (AvgIpc) is 2.31. The monoisotopic (exact) mass is 135 g/mol. The van der Waals surface area contributed by atoms with E-state index in [-0.39, 0.29) is 0 Å². The van der Waals surface area contributed by atoms with E-state index in [2.05, 4.69) is 16.2 Å². The van der Waals surface area contributed by atoms with Gasteiger partial charge in [-0.1, -0.05) is 5.21 Å². The minimum atomic E-state index is 0.751. The molecular weight excluding hydrogens is 126 g/mol. The summed E-state index contributed by atoms with van der Waals surface area (Å²) in [6.45, 7) is 0. The first-order valence-electron chi connectivity index (χ1n) is 3.11. The third-order valence-corrected chi connectivity index (χ3v) is 1.33. The molecule has 0 aromatic carbocycles. The Bertz CT molecular complexity index is 244. The zero-order valence-corrected chi connectivity index (χ0v) is 5.91. The number of nitrogens with zero attached hydrogens (tertiary/aromatic N) is 3. The van der Waals surface area contributed by atoms with Crippen molar-refractivity contribution >= 4 is 0 Å². The van der Waals surface area contributed by atoms with Gasteiger partial charge >= 0.3 is 0 Å². The lowest BCUT2D eigenvalue weighted by Gasteiger charge is -1.93. The van der Waals surface area contributed by atoms with E-state index >= 15 is 0 Å². The Morgan fingerprint density at radius 1 is 1.80 bits per heavy atom. The standard InChI is InChI=1S/C7H9N3/c1-3-4-5-7-6-8-9-10(7)2/h1,6H,4-5H2,2H3. The fraction of sp³-hybridized carbons (Fsp3) is 0.429. The minimum absolute atomic E-state index is 0.751. The maximum Gasteiger partial charge on any atom is 0.0725 e. The number of terminal acetylenes is 1. The van der Waals surface area contributed by atoms with Crippen LogP contribution in [0.4, 0.5) is 0 Å². The molecule has 0 aliphatic carbocycles. The van der Waals surface area contributed by atoms with Crippen LogP contribution < -0.4 is 0 Å². The highest BCUT2D eigenvalue weighted by Gasteiger charge is 1.95. The summed E-state index contributed by atoms with van der Waals surface area (Å²) in [5, 5.41) is 7.49. The third kappa shape index (κ3) is 1.35. The van der Waals surface area contributed by atoms with Gasteiger partial charge in [-0.3, -0.25) is 4.68 Å². The smallest absolute Gasteiger partial charge is 0.0725 e. The summed E-state index contributed by atoms with van der Waals surface area (Å²) in [5.74, 6) is 2.56. The van der Waals surface area contributed by atoms with Crippen LogP contribution in [0.25, 0.3) is 0 Å². The number of hydrogen-bond acceptors (Lipinski definition) is 2. The van der Waals surface area contributed by atoms with Crippen molar-refractivity contribution in [3.8, 4) is 12.3 Å². The van der Waals surface area contributed by atoms with E-state index < -0.39 is 0 Å². The number of hydrogen-bond donors (Lipinski definition) is 0. The molecule has 1 rings (SSSR count). The molecule has 0 N–H and O–H groups in total. The zero-order valence-electron chi connectivity index (χ0n) is 5.91. The second-order valence-corrected chi connectivity index (χ2v) is 2.05. The first-order valence-corrected chi connectivity index (χ1v) is 3.11. The maximum atomic E-state index is 5.10. The lowest BCUT2D eigenvalue weighted by Crippen LogP contribution is -1.97. The second-order valence-electron chi connectivity index (χ2n) is 2.05. The van der Waals surface area contributed by atoms with Crippen molar-refractivity contribution in [2.45, 2.75) is 12.8 Å². The summed E-state index contributed by atoms with van der Waals surface area (Å²) in [6, 6.07) is 0. The van der Waals surface area contributed by atoms with Crippen LogP contribution in [0.15, 0.2) is 6.20 Å². The summed E-state index contributed by atoms with van der Waals surface area (Å²) >= 11 is 0. The summed E-state index contributed by atoms with van der Waals surface area (Å²) in [4.78, 5) is 0. The van der Waals surface area contributed by atoms with Crippen LogP contribution in [-0.2, 0) is 13.5 Å². The van der Waals surface area contributed by atoms with Crippen LogP contribution in [0.2, 0.25) is 0 Å². The number of rotatable bonds is 2. The van der Waals surface area contributed by atoms with Crippen LogP contribution in [0.1, 0.15) is 12.1 Å². The minimum Gasteiger partial charge on any atom is -0.252 e. The van der Waals surface area contributed by atoms with Gasteiger partial charge in [0.15, 0.2) is 0 Å². The van der Waals surface area contributed by atoms with Crippen molar-refractivity contribution in [3.63, 3.8) is 0 Å². The van der Waals surface area contributed by atoms with Gasteiger partial charge in [0.25, 0.3) is 0 Å². The van der Waals surface area contributed by atoms with Crippen LogP contribution in [0, 0.1) is 12.3 Å². The van der Waals surface area contributed by atoms with Crippen molar-refractivity contribution in [2.75, 3.05) is 0 Å². The Morgan fingerprint density at radius 2 is 2.60 bits per heavy atom. The second kappa shape index (κ2) is 3.02. The molecule has 10 heavy (non-hydrogen) atoms. The summed E-state index contributed by atoms with van der Waals surface area (Å²) in [6.07, 6.45) is 8.44. The molecule has 0 saturated carbocycles. The van der Waals surface area contributed by atoms with Crippen molar-refractivity contribution in [2.24, 2.45) is 7.05 Å². The molecule has 0 fully saturated rings. The molecule has 0 aliphatic heterocycles. The predicted molar refractivity (Wildman–Crippen MR) is 38.2 cm³/mol. The molecule has 0 radical (unpaired) electrons. The van der Waals surface area contributed by atoms with Crippen LogP contribution >= 0.6 is 0 Å². The Labute approximate surface area is 60.1 Å². The molecule has 0 spiro atoms. The molecule has 1 heterocycles. The summed E-state index contributed by atoms with van der Waals surface area (Å²) in [5.41, 5.74) is 1.08. The molecule has 0 bridgehead atoms. The molecule has 52 valence electrons. The highest BCUT2D eigenvalue weighted by molar-refractivity contribution is 4.97. The Kier molecular flexibility index (Phi) is 2.06. The van der Waals surface area contributed by atoms with Gasteiger partial charge in [0.05, 0.1) is 11.9 Å². The van der Waals surface area contributed by atoms with Crippen molar-refractivity contribution in [1.82, 2.24) is 15.0 Å². The van der Waals surface area contributed by atoms with Gasteiger partial charge in [0.2, 0.25) is 0 Å². The quantitative estimate of drug-likeness (QED) is 0.549. The lowest BCUT2D eigenvalue weighted by atomic mass is 10.2. The van der Waals surface area contributed by atoms with E-state index in [0.717, 1.165) is 18.5 Å². The maximum absolute atomic E-state index is 5.10.